The molecule has 0 unspecified atom stereocenters. The summed E-state index contributed by atoms with van der Waals surface area (Å²) < 4.78 is 45.7. The Morgan fingerprint density at radius 2 is 2.03 bits per heavy atom. The molecule has 0 saturated carbocycles. The molecule has 30 heavy (non-hydrogen) atoms. The molecular weight excluding hydrogens is 407 g/mol. The van der Waals surface area contributed by atoms with E-state index in [-0.39, 0.29) is 31.3 Å². The summed E-state index contributed by atoms with van der Waals surface area (Å²) in [6, 6.07) is 11.7. The van der Waals surface area contributed by atoms with Crippen molar-refractivity contribution in [2.24, 2.45) is 5.92 Å². The van der Waals surface area contributed by atoms with Gasteiger partial charge in [-0.15, -0.1) is 6.58 Å². The smallest absolute Gasteiger partial charge is 0.224 e. The molecule has 1 saturated heterocycles. The van der Waals surface area contributed by atoms with Gasteiger partial charge in [0.2, 0.25) is 15.9 Å². The molecule has 0 bridgehead atoms. The van der Waals surface area contributed by atoms with E-state index in [0.717, 1.165) is 11.1 Å². The van der Waals surface area contributed by atoms with Crippen molar-refractivity contribution in [1.29, 1.82) is 0 Å². The molecule has 3 rings (SSSR count). The lowest BCUT2D eigenvalue weighted by atomic mass is 9.91. The minimum absolute atomic E-state index is 0.0800. The zero-order valence-corrected chi connectivity index (χ0v) is 17.6. The lowest BCUT2D eigenvalue weighted by Gasteiger charge is -2.23. The summed E-state index contributed by atoms with van der Waals surface area (Å²) in [5.74, 6) is -0.829. The molecular formula is C22H25FN2O4S. The van der Waals surface area contributed by atoms with E-state index in [2.05, 4.69) is 11.9 Å². The Morgan fingerprint density at radius 3 is 2.77 bits per heavy atom. The standard InChI is InChI=1S/C22H25FN2O4S/c1-3-12-30(27,28)25-11-10-24-22(26)17(15-25)13-16-6-4-5-7-19(16)20-14-18(23)8-9-21(20)29-2/h3-9,14,17H,1,10-13,15H2,2H3,(H,24,26)/t17-/m1/s1. The van der Waals surface area contributed by atoms with Crippen LogP contribution in [0.5, 0.6) is 5.75 Å². The van der Waals surface area contributed by atoms with Gasteiger partial charge in [0.25, 0.3) is 0 Å². The van der Waals surface area contributed by atoms with Gasteiger partial charge < -0.3 is 10.1 Å². The molecule has 2 aromatic carbocycles. The largest absolute Gasteiger partial charge is 0.496 e. The van der Waals surface area contributed by atoms with Gasteiger partial charge in [0.05, 0.1) is 18.8 Å². The Hall–Kier alpha value is -2.71. The highest BCUT2D eigenvalue weighted by molar-refractivity contribution is 7.89. The van der Waals surface area contributed by atoms with Crippen molar-refractivity contribution in [3.63, 3.8) is 0 Å². The molecule has 1 heterocycles. The number of methoxy groups -OCH3 is 1. The minimum atomic E-state index is -3.53. The van der Waals surface area contributed by atoms with E-state index in [9.17, 15) is 17.6 Å². The summed E-state index contributed by atoms with van der Waals surface area (Å²) in [5.41, 5.74) is 2.13. The highest BCUT2D eigenvalue weighted by Gasteiger charge is 2.31. The van der Waals surface area contributed by atoms with Crippen LogP contribution in [-0.4, -0.2) is 51.1 Å². The number of nitrogens with zero attached hydrogens (tertiary/aromatic N) is 1. The van der Waals surface area contributed by atoms with Crippen LogP contribution in [0.25, 0.3) is 11.1 Å². The lowest BCUT2D eigenvalue weighted by molar-refractivity contribution is -0.124. The molecule has 0 radical (unpaired) electrons. The first kappa shape index (κ1) is 22.0. The molecule has 1 aliphatic rings. The summed E-state index contributed by atoms with van der Waals surface area (Å²) in [7, 11) is -2.02. The molecule has 0 spiro atoms. The highest BCUT2D eigenvalue weighted by atomic mass is 32.2. The number of hydrogen-bond donors (Lipinski definition) is 1. The van der Waals surface area contributed by atoms with Crippen molar-refractivity contribution in [3.05, 3.63) is 66.5 Å². The maximum atomic E-state index is 13.9. The van der Waals surface area contributed by atoms with Crippen molar-refractivity contribution < 1.29 is 22.3 Å². The third-order valence-electron chi connectivity index (χ3n) is 5.11. The fourth-order valence-electron chi connectivity index (χ4n) is 3.65. The van der Waals surface area contributed by atoms with Gasteiger partial charge in [0.15, 0.2) is 0 Å². The fraction of sp³-hybridized carbons (Fsp3) is 0.318. The van der Waals surface area contributed by atoms with E-state index in [1.54, 1.807) is 6.07 Å². The highest BCUT2D eigenvalue weighted by Crippen LogP contribution is 2.34. The zero-order valence-electron chi connectivity index (χ0n) is 16.8. The van der Waals surface area contributed by atoms with Gasteiger partial charge in [-0.1, -0.05) is 30.3 Å². The normalized spacial score (nSPS) is 17.8. The van der Waals surface area contributed by atoms with Gasteiger partial charge in [-0.25, -0.2) is 12.8 Å². The van der Waals surface area contributed by atoms with E-state index < -0.39 is 21.8 Å². The number of carbonyl (C=O) groups excluding carboxylic acids is 1. The Bertz CT molecular complexity index is 1040. The quantitative estimate of drug-likeness (QED) is 0.683. The SMILES string of the molecule is C=CCS(=O)(=O)N1CCNC(=O)[C@H](Cc2ccccc2-c2cc(F)ccc2OC)C1. The molecule has 2 aromatic rings. The third-order valence-corrected chi connectivity index (χ3v) is 6.89. The molecule has 1 amide bonds. The number of carbonyl (C=O) groups is 1. The number of hydrogen-bond acceptors (Lipinski definition) is 4. The van der Waals surface area contributed by atoms with Crippen LogP contribution in [0.2, 0.25) is 0 Å². The Kier molecular flexibility index (Phi) is 6.89. The average Bonchev–Trinajstić information content (AvgIpc) is 2.90. The molecule has 1 atom stereocenters. The van der Waals surface area contributed by atoms with E-state index >= 15 is 0 Å². The van der Waals surface area contributed by atoms with Crippen LogP contribution < -0.4 is 10.1 Å². The summed E-state index contributed by atoms with van der Waals surface area (Å²) >= 11 is 0. The van der Waals surface area contributed by atoms with E-state index in [0.29, 0.717) is 17.7 Å². The number of ether oxygens (including phenoxy) is 1. The van der Waals surface area contributed by atoms with Gasteiger partial charge in [-0.05, 0) is 35.7 Å². The predicted octanol–water partition coefficient (Wildman–Crippen LogP) is 2.61. The monoisotopic (exact) mass is 432 g/mol. The number of halogens is 1. The number of nitrogens with one attached hydrogen (secondary N) is 1. The Labute approximate surface area is 176 Å². The van der Waals surface area contributed by atoms with Crippen molar-refractivity contribution in [1.82, 2.24) is 9.62 Å². The van der Waals surface area contributed by atoms with Crippen molar-refractivity contribution in [2.45, 2.75) is 6.42 Å². The van der Waals surface area contributed by atoms with Gasteiger partial charge in [-0.2, -0.15) is 4.31 Å². The lowest BCUT2D eigenvalue weighted by Crippen LogP contribution is -2.38. The molecule has 0 aromatic heterocycles. The van der Waals surface area contributed by atoms with Crippen LogP contribution in [0.3, 0.4) is 0 Å². The van der Waals surface area contributed by atoms with Crippen molar-refractivity contribution >= 4 is 15.9 Å². The van der Waals surface area contributed by atoms with Gasteiger partial charge in [0, 0.05) is 25.2 Å². The van der Waals surface area contributed by atoms with E-state index in [1.807, 2.05) is 24.3 Å². The summed E-state index contributed by atoms with van der Waals surface area (Å²) in [6.07, 6.45) is 1.65. The maximum Gasteiger partial charge on any atom is 0.224 e. The number of sulfonamides is 1. The second-order valence-electron chi connectivity index (χ2n) is 7.12. The molecule has 6 nitrogen and oxygen atoms in total. The molecule has 1 aliphatic heterocycles. The topological polar surface area (TPSA) is 75.7 Å². The van der Waals surface area contributed by atoms with Crippen molar-refractivity contribution in [3.8, 4) is 16.9 Å². The minimum Gasteiger partial charge on any atom is -0.496 e. The summed E-state index contributed by atoms with van der Waals surface area (Å²) in [6.45, 7) is 4.06. The van der Waals surface area contributed by atoms with E-state index in [1.165, 1.54) is 29.6 Å². The summed E-state index contributed by atoms with van der Waals surface area (Å²) in [4.78, 5) is 12.6. The Morgan fingerprint density at radius 1 is 1.27 bits per heavy atom. The molecule has 1 N–H and O–H groups in total. The second kappa shape index (κ2) is 9.40. The summed E-state index contributed by atoms with van der Waals surface area (Å²) in [5, 5.41) is 2.79. The Balaban J connectivity index is 1.95. The van der Waals surface area contributed by atoms with Crippen LogP contribution in [0.4, 0.5) is 4.39 Å². The fourth-order valence-corrected chi connectivity index (χ4v) is 4.93. The first-order valence-electron chi connectivity index (χ1n) is 9.64. The molecule has 160 valence electrons. The van der Waals surface area contributed by atoms with Crippen LogP contribution in [-0.2, 0) is 21.2 Å². The van der Waals surface area contributed by atoms with Crippen LogP contribution >= 0.6 is 0 Å². The van der Waals surface area contributed by atoms with E-state index in [4.69, 9.17) is 4.74 Å². The van der Waals surface area contributed by atoms with Crippen LogP contribution in [0, 0.1) is 11.7 Å². The molecule has 1 fully saturated rings. The predicted molar refractivity (Wildman–Crippen MR) is 114 cm³/mol. The first-order valence-corrected chi connectivity index (χ1v) is 11.2. The van der Waals surface area contributed by atoms with Crippen LogP contribution in [0.15, 0.2) is 55.1 Å². The number of amides is 1. The molecule has 8 heteroatoms. The van der Waals surface area contributed by atoms with Crippen LogP contribution in [0.1, 0.15) is 5.56 Å². The average molecular weight is 433 g/mol. The van der Waals surface area contributed by atoms with Gasteiger partial charge in [-0.3, -0.25) is 4.79 Å². The third kappa shape index (κ3) is 4.88. The maximum absolute atomic E-state index is 13.9. The number of benzene rings is 2. The van der Waals surface area contributed by atoms with Crippen molar-refractivity contribution in [2.75, 3.05) is 32.5 Å². The van der Waals surface area contributed by atoms with Gasteiger partial charge >= 0.3 is 0 Å². The second-order valence-corrected chi connectivity index (χ2v) is 9.13. The molecule has 0 aliphatic carbocycles. The number of rotatable bonds is 7. The van der Waals surface area contributed by atoms with Gasteiger partial charge in [0.1, 0.15) is 11.6 Å². The zero-order chi connectivity index (χ0) is 21.7. The first-order chi connectivity index (χ1) is 14.4.